The average molecular weight is 263 g/mol. The second-order valence-corrected chi connectivity index (χ2v) is 4.26. The van der Waals surface area contributed by atoms with Crippen molar-refractivity contribution in [2.45, 2.75) is 19.4 Å². The molecule has 0 spiro atoms. The molecule has 6 nitrogen and oxygen atoms in total. The van der Waals surface area contributed by atoms with Gasteiger partial charge < -0.3 is 19.7 Å². The molecule has 0 aliphatic heterocycles. The summed E-state index contributed by atoms with van der Waals surface area (Å²) in [6, 6.07) is 5.39. The second-order valence-electron chi connectivity index (χ2n) is 4.26. The van der Waals surface area contributed by atoms with E-state index >= 15 is 0 Å². The molecule has 1 heterocycles. The highest BCUT2D eigenvalue weighted by Gasteiger charge is 2.15. The van der Waals surface area contributed by atoms with E-state index in [0.29, 0.717) is 29.6 Å². The van der Waals surface area contributed by atoms with Crippen LogP contribution in [0.15, 0.2) is 22.7 Å². The van der Waals surface area contributed by atoms with E-state index in [0.717, 1.165) is 5.56 Å². The maximum atomic E-state index is 5.70. The Kier molecular flexibility index (Phi) is 4.01. The molecule has 0 amide bonds. The molecule has 1 aromatic carbocycles. The lowest BCUT2D eigenvalue weighted by Gasteiger charge is -2.06. The first-order valence-corrected chi connectivity index (χ1v) is 5.94. The minimum atomic E-state index is -0.0109. The van der Waals surface area contributed by atoms with E-state index in [4.69, 9.17) is 19.7 Å². The first-order valence-electron chi connectivity index (χ1n) is 5.94. The third-order valence-electron chi connectivity index (χ3n) is 2.61. The van der Waals surface area contributed by atoms with E-state index in [2.05, 4.69) is 10.1 Å². The Hall–Kier alpha value is -2.08. The van der Waals surface area contributed by atoms with Gasteiger partial charge >= 0.3 is 0 Å². The second kappa shape index (κ2) is 5.71. The summed E-state index contributed by atoms with van der Waals surface area (Å²) >= 11 is 0. The van der Waals surface area contributed by atoms with Crippen molar-refractivity contribution in [1.82, 2.24) is 10.1 Å². The van der Waals surface area contributed by atoms with Gasteiger partial charge in [0, 0.05) is 18.5 Å². The summed E-state index contributed by atoms with van der Waals surface area (Å²) in [7, 11) is 3.18. The molecule has 102 valence electrons. The van der Waals surface area contributed by atoms with Crippen molar-refractivity contribution in [3.63, 3.8) is 0 Å². The molecule has 0 aliphatic rings. The summed E-state index contributed by atoms with van der Waals surface area (Å²) in [4.78, 5) is 4.31. The third-order valence-corrected chi connectivity index (χ3v) is 2.61. The fraction of sp³-hybridized carbons (Fsp3) is 0.385. The van der Waals surface area contributed by atoms with Crippen LogP contribution in [0.3, 0.4) is 0 Å². The highest BCUT2D eigenvalue weighted by molar-refractivity contribution is 5.64. The summed E-state index contributed by atoms with van der Waals surface area (Å²) in [5.74, 6) is 2.32. The predicted octanol–water partition coefficient (Wildman–Crippen LogP) is 1.64. The van der Waals surface area contributed by atoms with Crippen molar-refractivity contribution in [3.8, 4) is 23.0 Å². The third kappa shape index (κ3) is 3.03. The van der Waals surface area contributed by atoms with Crippen LogP contribution in [0.2, 0.25) is 0 Å². The molecule has 1 aromatic heterocycles. The molecule has 0 aliphatic carbocycles. The van der Waals surface area contributed by atoms with Crippen LogP contribution in [0.25, 0.3) is 11.5 Å². The monoisotopic (exact) mass is 263 g/mol. The zero-order chi connectivity index (χ0) is 13.8. The summed E-state index contributed by atoms with van der Waals surface area (Å²) < 4.78 is 15.7. The molecule has 0 radical (unpaired) electrons. The zero-order valence-corrected chi connectivity index (χ0v) is 11.2. The van der Waals surface area contributed by atoms with Crippen molar-refractivity contribution in [3.05, 3.63) is 24.0 Å². The Labute approximate surface area is 111 Å². The van der Waals surface area contributed by atoms with Crippen LogP contribution in [-0.4, -0.2) is 30.4 Å². The maximum Gasteiger partial charge on any atom is 0.261 e. The molecule has 6 heteroatoms. The largest absolute Gasteiger partial charge is 0.497 e. The molecule has 1 atom stereocenters. The van der Waals surface area contributed by atoms with Crippen LogP contribution in [0, 0.1) is 0 Å². The highest BCUT2D eigenvalue weighted by Crippen LogP contribution is 2.32. The summed E-state index contributed by atoms with van der Waals surface area (Å²) in [6.07, 6.45) is 0.571. The molecular formula is C13H17N3O3. The fourth-order valence-electron chi connectivity index (χ4n) is 1.71. The lowest BCUT2D eigenvalue weighted by molar-refractivity contribution is 0.389. The molecular weight excluding hydrogens is 246 g/mol. The number of nitrogens with zero attached hydrogens (tertiary/aromatic N) is 2. The van der Waals surface area contributed by atoms with Gasteiger partial charge in [-0.3, -0.25) is 0 Å². The lowest BCUT2D eigenvalue weighted by atomic mass is 10.2. The maximum absolute atomic E-state index is 5.70. The van der Waals surface area contributed by atoms with Crippen molar-refractivity contribution in [1.29, 1.82) is 0 Å². The van der Waals surface area contributed by atoms with Gasteiger partial charge in [0.25, 0.3) is 5.89 Å². The number of methoxy groups -OCH3 is 2. The van der Waals surface area contributed by atoms with Crippen molar-refractivity contribution < 1.29 is 14.0 Å². The number of hydrogen-bond acceptors (Lipinski definition) is 6. The van der Waals surface area contributed by atoms with Gasteiger partial charge in [-0.25, -0.2) is 0 Å². The highest BCUT2D eigenvalue weighted by atomic mass is 16.5. The van der Waals surface area contributed by atoms with Gasteiger partial charge in [0.15, 0.2) is 5.82 Å². The molecule has 0 saturated heterocycles. The van der Waals surface area contributed by atoms with Gasteiger partial charge in [-0.05, 0) is 19.1 Å². The number of benzene rings is 1. The van der Waals surface area contributed by atoms with E-state index in [1.54, 1.807) is 20.3 Å². The van der Waals surface area contributed by atoms with Crippen molar-refractivity contribution in [2.24, 2.45) is 5.73 Å². The number of aromatic nitrogens is 2. The standard InChI is InChI=1S/C13H17N3O3/c1-8(14)6-12-15-13(19-16-12)10-5-4-9(17-2)7-11(10)18-3/h4-5,7-8H,6,14H2,1-3H3. The number of hydrogen-bond donors (Lipinski definition) is 1. The van der Waals surface area contributed by atoms with Gasteiger partial charge in [-0.2, -0.15) is 4.98 Å². The van der Waals surface area contributed by atoms with Gasteiger partial charge in [0.1, 0.15) is 11.5 Å². The molecule has 2 N–H and O–H groups in total. The Morgan fingerprint density at radius 1 is 1.32 bits per heavy atom. The summed E-state index contributed by atoms with van der Waals surface area (Å²) in [5.41, 5.74) is 6.43. The first kappa shape index (κ1) is 13.4. The number of rotatable bonds is 5. The van der Waals surface area contributed by atoms with E-state index in [1.807, 2.05) is 19.1 Å². The van der Waals surface area contributed by atoms with Gasteiger partial charge in [-0.1, -0.05) is 5.16 Å². The Balaban J connectivity index is 2.33. The van der Waals surface area contributed by atoms with E-state index < -0.39 is 0 Å². The van der Waals surface area contributed by atoms with Gasteiger partial charge in [0.05, 0.1) is 19.8 Å². The quantitative estimate of drug-likeness (QED) is 0.883. The lowest BCUT2D eigenvalue weighted by Crippen LogP contribution is -2.18. The van der Waals surface area contributed by atoms with Crippen molar-refractivity contribution >= 4 is 0 Å². The molecule has 2 aromatic rings. The topological polar surface area (TPSA) is 83.4 Å². The van der Waals surface area contributed by atoms with Crippen LogP contribution in [0.4, 0.5) is 0 Å². The molecule has 19 heavy (non-hydrogen) atoms. The van der Waals surface area contributed by atoms with E-state index in [1.165, 1.54) is 0 Å². The fourth-order valence-corrected chi connectivity index (χ4v) is 1.71. The van der Waals surface area contributed by atoms with Crippen LogP contribution in [-0.2, 0) is 6.42 Å². The van der Waals surface area contributed by atoms with Crippen LogP contribution < -0.4 is 15.2 Å². The Morgan fingerprint density at radius 3 is 2.74 bits per heavy atom. The molecule has 0 fully saturated rings. The summed E-state index contributed by atoms with van der Waals surface area (Å²) in [5, 5.41) is 3.90. The van der Waals surface area contributed by atoms with Gasteiger partial charge in [-0.15, -0.1) is 0 Å². The number of nitrogens with two attached hydrogens (primary N) is 1. The minimum Gasteiger partial charge on any atom is -0.497 e. The summed E-state index contributed by atoms with van der Waals surface area (Å²) in [6.45, 7) is 1.89. The van der Waals surface area contributed by atoms with Gasteiger partial charge in [0.2, 0.25) is 0 Å². The normalized spacial score (nSPS) is 12.2. The van der Waals surface area contributed by atoms with E-state index in [-0.39, 0.29) is 6.04 Å². The molecule has 0 bridgehead atoms. The number of ether oxygens (including phenoxy) is 2. The first-order chi connectivity index (χ1) is 9.13. The molecule has 1 unspecified atom stereocenters. The smallest absolute Gasteiger partial charge is 0.261 e. The van der Waals surface area contributed by atoms with Crippen LogP contribution in [0.1, 0.15) is 12.7 Å². The zero-order valence-electron chi connectivity index (χ0n) is 11.2. The van der Waals surface area contributed by atoms with Crippen LogP contribution in [0.5, 0.6) is 11.5 Å². The Bertz CT molecular complexity index is 552. The minimum absolute atomic E-state index is 0.0109. The molecule has 2 rings (SSSR count). The average Bonchev–Trinajstić information content (AvgIpc) is 2.85. The Morgan fingerprint density at radius 2 is 2.11 bits per heavy atom. The SMILES string of the molecule is COc1ccc(-c2nc(CC(C)N)no2)c(OC)c1. The van der Waals surface area contributed by atoms with Crippen molar-refractivity contribution in [2.75, 3.05) is 14.2 Å². The molecule has 0 saturated carbocycles. The predicted molar refractivity (Wildman–Crippen MR) is 70.2 cm³/mol. The van der Waals surface area contributed by atoms with Crippen LogP contribution >= 0.6 is 0 Å². The van der Waals surface area contributed by atoms with E-state index in [9.17, 15) is 0 Å².